The first-order chi connectivity index (χ1) is 8.02. The van der Waals surface area contributed by atoms with E-state index in [0.717, 1.165) is 22.3 Å². The van der Waals surface area contributed by atoms with Crippen LogP contribution in [0.1, 0.15) is 25.8 Å². The average Bonchev–Trinajstić information content (AvgIpc) is 2.23. The Balaban J connectivity index is 2.58. The van der Waals surface area contributed by atoms with E-state index in [1.807, 2.05) is 39.0 Å². The van der Waals surface area contributed by atoms with E-state index >= 15 is 0 Å². The van der Waals surface area contributed by atoms with Crippen LogP contribution in [-0.2, 0) is 4.79 Å². The van der Waals surface area contributed by atoms with Gasteiger partial charge < -0.3 is 10.6 Å². The van der Waals surface area contributed by atoms with Crippen LogP contribution in [0.25, 0.3) is 0 Å². The molecular weight excluding hydrogens is 280 g/mol. The van der Waals surface area contributed by atoms with E-state index in [9.17, 15) is 4.79 Å². The molecule has 0 saturated heterocycles. The fourth-order valence-electron chi connectivity index (χ4n) is 1.63. The van der Waals surface area contributed by atoms with Gasteiger partial charge in [0, 0.05) is 22.6 Å². The smallest absolute Gasteiger partial charge is 0.225 e. The van der Waals surface area contributed by atoms with E-state index in [1.165, 1.54) is 0 Å². The molecule has 2 N–H and O–H groups in total. The molecule has 1 atom stereocenters. The molecule has 0 aromatic heterocycles. The second-order valence-corrected chi connectivity index (χ2v) is 5.09. The number of halogens is 1. The van der Waals surface area contributed by atoms with E-state index in [4.69, 9.17) is 0 Å². The highest BCUT2D eigenvalue weighted by molar-refractivity contribution is 9.10. The van der Waals surface area contributed by atoms with Gasteiger partial charge in [0.15, 0.2) is 0 Å². The van der Waals surface area contributed by atoms with Crippen LogP contribution in [0.15, 0.2) is 22.7 Å². The van der Waals surface area contributed by atoms with Crippen molar-refractivity contribution in [3.63, 3.8) is 0 Å². The van der Waals surface area contributed by atoms with Crippen molar-refractivity contribution in [2.75, 3.05) is 11.9 Å². The Labute approximate surface area is 111 Å². The van der Waals surface area contributed by atoms with Crippen LogP contribution in [0.4, 0.5) is 5.69 Å². The third kappa shape index (κ3) is 4.88. The van der Waals surface area contributed by atoms with Gasteiger partial charge in [-0.05, 0) is 38.1 Å². The Bertz CT molecular complexity index is 393. The van der Waals surface area contributed by atoms with Gasteiger partial charge in [-0.2, -0.15) is 0 Å². The molecule has 1 rings (SSSR count). The van der Waals surface area contributed by atoms with E-state index in [1.54, 1.807) is 0 Å². The molecule has 0 aliphatic heterocycles. The van der Waals surface area contributed by atoms with Crippen molar-refractivity contribution in [3.05, 3.63) is 28.2 Å². The molecule has 0 aliphatic rings. The lowest BCUT2D eigenvalue weighted by molar-refractivity contribution is -0.116. The standard InChI is InChI=1S/C13H19BrN2O/c1-4-15-10(3)7-13(17)16-12-8-11(14)6-5-9(12)2/h5-6,8,10,15H,4,7H2,1-3H3,(H,16,17). The minimum atomic E-state index is 0.0413. The maximum atomic E-state index is 11.8. The Morgan fingerprint density at radius 2 is 2.18 bits per heavy atom. The van der Waals surface area contributed by atoms with Crippen molar-refractivity contribution in [1.82, 2.24) is 5.32 Å². The lowest BCUT2D eigenvalue weighted by Crippen LogP contribution is -2.30. The molecule has 1 unspecified atom stereocenters. The van der Waals surface area contributed by atoms with E-state index < -0.39 is 0 Å². The Kier molecular flexibility index (Phi) is 5.65. The molecule has 0 bridgehead atoms. The molecule has 1 aromatic carbocycles. The Hall–Kier alpha value is -0.870. The van der Waals surface area contributed by atoms with Gasteiger partial charge in [0.1, 0.15) is 0 Å². The summed E-state index contributed by atoms with van der Waals surface area (Å²) in [5, 5.41) is 6.15. The molecule has 0 aliphatic carbocycles. The normalized spacial score (nSPS) is 12.2. The van der Waals surface area contributed by atoms with Crippen molar-refractivity contribution in [2.45, 2.75) is 33.2 Å². The molecule has 0 saturated carbocycles. The summed E-state index contributed by atoms with van der Waals surface area (Å²) in [5.74, 6) is 0.0413. The lowest BCUT2D eigenvalue weighted by atomic mass is 10.2. The second kappa shape index (κ2) is 6.77. The van der Waals surface area contributed by atoms with Crippen LogP contribution in [0.5, 0.6) is 0 Å². The van der Waals surface area contributed by atoms with Crippen molar-refractivity contribution in [2.24, 2.45) is 0 Å². The van der Waals surface area contributed by atoms with Crippen LogP contribution in [0.2, 0.25) is 0 Å². The van der Waals surface area contributed by atoms with Crippen LogP contribution < -0.4 is 10.6 Å². The molecule has 1 amide bonds. The maximum Gasteiger partial charge on any atom is 0.225 e. The summed E-state index contributed by atoms with van der Waals surface area (Å²) < 4.78 is 0.970. The van der Waals surface area contributed by atoms with Crippen molar-refractivity contribution in [1.29, 1.82) is 0 Å². The zero-order valence-electron chi connectivity index (χ0n) is 10.5. The van der Waals surface area contributed by atoms with Crippen LogP contribution in [0, 0.1) is 6.92 Å². The molecule has 0 radical (unpaired) electrons. The number of nitrogens with one attached hydrogen (secondary N) is 2. The first-order valence-electron chi connectivity index (χ1n) is 5.82. The number of benzene rings is 1. The van der Waals surface area contributed by atoms with Gasteiger partial charge in [-0.15, -0.1) is 0 Å². The summed E-state index contributed by atoms with van der Waals surface area (Å²) in [6, 6.07) is 6.07. The quantitative estimate of drug-likeness (QED) is 0.877. The fraction of sp³-hybridized carbons (Fsp3) is 0.462. The Morgan fingerprint density at radius 1 is 1.47 bits per heavy atom. The monoisotopic (exact) mass is 298 g/mol. The highest BCUT2D eigenvalue weighted by atomic mass is 79.9. The van der Waals surface area contributed by atoms with Gasteiger partial charge in [0.05, 0.1) is 0 Å². The zero-order valence-corrected chi connectivity index (χ0v) is 12.1. The largest absolute Gasteiger partial charge is 0.326 e. The number of hydrogen-bond acceptors (Lipinski definition) is 2. The van der Waals surface area contributed by atoms with Crippen LogP contribution in [0.3, 0.4) is 0 Å². The average molecular weight is 299 g/mol. The van der Waals surface area contributed by atoms with Crippen molar-refractivity contribution >= 4 is 27.5 Å². The molecule has 0 fully saturated rings. The predicted octanol–water partition coefficient (Wildman–Crippen LogP) is 3.08. The SMILES string of the molecule is CCNC(C)CC(=O)Nc1cc(Br)ccc1C. The number of carbonyl (C=O) groups is 1. The number of carbonyl (C=O) groups excluding carboxylic acids is 1. The number of anilines is 1. The lowest BCUT2D eigenvalue weighted by Gasteiger charge is -2.13. The highest BCUT2D eigenvalue weighted by Crippen LogP contribution is 2.20. The fourth-order valence-corrected chi connectivity index (χ4v) is 1.99. The van der Waals surface area contributed by atoms with Gasteiger partial charge in [-0.25, -0.2) is 0 Å². The summed E-state index contributed by atoms with van der Waals surface area (Å²) in [6.45, 7) is 6.91. The van der Waals surface area contributed by atoms with Crippen molar-refractivity contribution < 1.29 is 4.79 Å². The molecule has 94 valence electrons. The first-order valence-corrected chi connectivity index (χ1v) is 6.61. The third-order valence-corrected chi connectivity index (χ3v) is 3.01. The summed E-state index contributed by atoms with van der Waals surface area (Å²) in [6.07, 6.45) is 0.486. The van der Waals surface area contributed by atoms with E-state index in [-0.39, 0.29) is 11.9 Å². The van der Waals surface area contributed by atoms with Gasteiger partial charge in [-0.3, -0.25) is 4.79 Å². The summed E-state index contributed by atoms with van der Waals surface area (Å²) in [5.41, 5.74) is 1.94. The summed E-state index contributed by atoms with van der Waals surface area (Å²) in [7, 11) is 0. The molecule has 3 nitrogen and oxygen atoms in total. The molecular formula is C13H19BrN2O. The molecule has 0 heterocycles. The minimum absolute atomic E-state index is 0.0413. The number of amides is 1. The summed E-state index contributed by atoms with van der Waals surface area (Å²) >= 11 is 3.40. The molecule has 0 spiro atoms. The predicted molar refractivity (Wildman–Crippen MR) is 75.3 cm³/mol. The molecule has 1 aromatic rings. The minimum Gasteiger partial charge on any atom is -0.326 e. The van der Waals surface area contributed by atoms with E-state index in [0.29, 0.717) is 6.42 Å². The number of rotatable bonds is 5. The van der Waals surface area contributed by atoms with E-state index in [2.05, 4.69) is 26.6 Å². The second-order valence-electron chi connectivity index (χ2n) is 4.17. The first kappa shape index (κ1) is 14.2. The number of aryl methyl sites for hydroxylation is 1. The van der Waals surface area contributed by atoms with Crippen molar-refractivity contribution in [3.8, 4) is 0 Å². The zero-order chi connectivity index (χ0) is 12.8. The van der Waals surface area contributed by atoms with Crippen LogP contribution in [-0.4, -0.2) is 18.5 Å². The molecule has 4 heteroatoms. The van der Waals surface area contributed by atoms with Gasteiger partial charge >= 0.3 is 0 Å². The highest BCUT2D eigenvalue weighted by Gasteiger charge is 2.09. The van der Waals surface area contributed by atoms with Gasteiger partial charge in [-0.1, -0.05) is 28.9 Å². The number of hydrogen-bond donors (Lipinski definition) is 2. The Morgan fingerprint density at radius 3 is 2.82 bits per heavy atom. The topological polar surface area (TPSA) is 41.1 Å². The van der Waals surface area contributed by atoms with Gasteiger partial charge in [0.2, 0.25) is 5.91 Å². The maximum absolute atomic E-state index is 11.8. The molecule has 17 heavy (non-hydrogen) atoms. The third-order valence-electron chi connectivity index (χ3n) is 2.52. The summed E-state index contributed by atoms with van der Waals surface area (Å²) in [4.78, 5) is 11.8. The van der Waals surface area contributed by atoms with Gasteiger partial charge in [0.25, 0.3) is 0 Å². The van der Waals surface area contributed by atoms with Crippen LogP contribution >= 0.6 is 15.9 Å².